The maximum Gasteiger partial charge on any atom is 0.158 e. The first-order chi connectivity index (χ1) is 8.46. The molecule has 100 valence electrons. The van der Waals surface area contributed by atoms with Gasteiger partial charge in [-0.3, -0.25) is 0 Å². The van der Waals surface area contributed by atoms with E-state index in [9.17, 15) is 8.42 Å². The summed E-state index contributed by atoms with van der Waals surface area (Å²) in [6.07, 6.45) is 0. The Bertz CT molecular complexity index is 510. The SMILES string of the molecule is COc1ccc(C2NCC(C)S(=O)(=O)C2C)cc1. The molecule has 1 fully saturated rings. The molecule has 0 saturated carbocycles. The predicted octanol–water partition coefficient (Wildman–Crippen LogP) is 1.53. The summed E-state index contributed by atoms with van der Waals surface area (Å²) in [5.74, 6) is 0.776. The normalized spacial score (nSPS) is 30.9. The van der Waals surface area contributed by atoms with Crippen LogP contribution in [0.25, 0.3) is 0 Å². The molecule has 1 aliphatic heterocycles. The molecule has 3 atom stereocenters. The van der Waals surface area contributed by atoms with Crippen molar-refractivity contribution in [2.75, 3.05) is 13.7 Å². The van der Waals surface area contributed by atoms with E-state index in [4.69, 9.17) is 4.74 Å². The third kappa shape index (κ3) is 2.24. The van der Waals surface area contributed by atoms with Gasteiger partial charge in [-0.25, -0.2) is 8.42 Å². The molecule has 1 aromatic rings. The van der Waals surface area contributed by atoms with Crippen LogP contribution in [0.1, 0.15) is 25.5 Å². The first kappa shape index (κ1) is 13.4. The minimum absolute atomic E-state index is 0.142. The van der Waals surface area contributed by atoms with Gasteiger partial charge in [0.05, 0.1) is 17.6 Å². The monoisotopic (exact) mass is 269 g/mol. The molecule has 0 spiro atoms. The third-order valence-corrected chi connectivity index (χ3v) is 6.25. The van der Waals surface area contributed by atoms with Crippen LogP contribution in [0, 0.1) is 0 Å². The molecule has 18 heavy (non-hydrogen) atoms. The first-order valence-corrected chi connectivity index (χ1v) is 7.68. The van der Waals surface area contributed by atoms with Gasteiger partial charge in [-0.1, -0.05) is 12.1 Å². The predicted molar refractivity (Wildman–Crippen MR) is 71.6 cm³/mol. The van der Waals surface area contributed by atoms with Crippen molar-refractivity contribution in [3.05, 3.63) is 29.8 Å². The molecule has 4 nitrogen and oxygen atoms in total. The Kier molecular flexibility index (Phi) is 3.64. The largest absolute Gasteiger partial charge is 0.497 e. The molecule has 3 unspecified atom stereocenters. The molecule has 5 heteroatoms. The van der Waals surface area contributed by atoms with Crippen LogP contribution in [0.2, 0.25) is 0 Å². The van der Waals surface area contributed by atoms with Crippen LogP contribution in [0.4, 0.5) is 0 Å². The van der Waals surface area contributed by atoms with Crippen molar-refractivity contribution in [3.63, 3.8) is 0 Å². The highest BCUT2D eigenvalue weighted by Gasteiger charge is 2.38. The fourth-order valence-corrected chi connectivity index (χ4v) is 4.03. The number of hydrogen-bond acceptors (Lipinski definition) is 4. The Morgan fingerprint density at radius 3 is 2.39 bits per heavy atom. The number of rotatable bonds is 2. The highest BCUT2D eigenvalue weighted by molar-refractivity contribution is 7.92. The second kappa shape index (κ2) is 4.90. The van der Waals surface area contributed by atoms with Crippen molar-refractivity contribution in [3.8, 4) is 5.75 Å². The molecular weight excluding hydrogens is 250 g/mol. The molecular formula is C13H19NO3S. The molecule has 1 N–H and O–H groups in total. The average molecular weight is 269 g/mol. The van der Waals surface area contributed by atoms with Crippen LogP contribution in [0.3, 0.4) is 0 Å². The number of sulfone groups is 1. The summed E-state index contributed by atoms with van der Waals surface area (Å²) in [7, 11) is -1.43. The van der Waals surface area contributed by atoms with Gasteiger partial charge in [0.1, 0.15) is 5.75 Å². The molecule has 1 aliphatic rings. The van der Waals surface area contributed by atoms with Crippen molar-refractivity contribution < 1.29 is 13.2 Å². The Balaban J connectivity index is 2.28. The van der Waals surface area contributed by atoms with Crippen molar-refractivity contribution in [1.82, 2.24) is 5.32 Å². The minimum atomic E-state index is -3.05. The lowest BCUT2D eigenvalue weighted by Crippen LogP contribution is -2.49. The van der Waals surface area contributed by atoms with Crippen LogP contribution in [-0.4, -0.2) is 32.6 Å². The van der Waals surface area contributed by atoms with E-state index in [1.165, 1.54) is 0 Å². The van der Waals surface area contributed by atoms with E-state index in [2.05, 4.69) is 5.32 Å². The van der Waals surface area contributed by atoms with Gasteiger partial charge in [0.2, 0.25) is 0 Å². The lowest BCUT2D eigenvalue weighted by atomic mass is 10.0. The summed E-state index contributed by atoms with van der Waals surface area (Å²) in [6.45, 7) is 4.03. The van der Waals surface area contributed by atoms with Gasteiger partial charge < -0.3 is 10.1 Å². The molecule has 0 bridgehead atoms. The lowest BCUT2D eigenvalue weighted by molar-refractivity contribution is 0.413. The fraction of sp³-hybridized carbons (Fsp3) is 0.538. The fourth-order valence-electron chi connectivity index (χ4n) is 2.33. The van der Waals surface area contributed by atoms with Gasteiger partial charge in [0.25, 0.3) is 0 Å². The average Bonchev–Trinajstić information content (AvgIpc) is 2.37. The Morgan fingerprint density at radius 2 is 1.83 bits per heavy atom. The van der Waals surface area contributed by atoms with E-state index in [0.29, 0.717) is 6.54 Å². The molecule has 0 aromatic heterocycles. The number of nitrogens with one attached hydrogen (secondary N) is 1. The maximum atomic E-state index is 12.2. The zero-order valence-corrected chi connectivity index (χ0v) is 11.7. The van der Waals surface area contributed by atoms with E-state index < -0.39 is 15.1 Å². The molecule has 1 saturated heterocycles. The Morgan fingerprint density at radius 1 is 1.22 bits per heavy atom. The van der Waals surface area contributed by atoms with Crippen LogP contribution in [0.15, 0.2) is 24.3 Å². The topological polar surface area (TPSA) is 55.4 Å². The van der Waals surface area contributed by atoms with Crippen LogP contribution >= 0.6 is 0 Å². The molecule has 1 heterocycles. The maximum absolute atomic E-state index is 12.2. The summed E-state index contributed by atoms with van der Waals surface area (Å²) in [6, 6.07) is 7.40. The summed E-state index contributed by atoms with van der Waals surface area (Å²) in [5.41, 5.74) is 0.985. The number of benzene rings is 1. The van der Waals surface area contributed by atoms with E-state index in [1.54, 1.807) is 21.0 Å². The summed E-state index contributed by atoms with van der Waals surface area (Å²) < 4.78 is 29.4. The Hall–Kier alpha value is -1.07. The summed E-state index contributed by atoms with van der Waals surface area (Å²) >= 11 is 0. The van der Waals surface area contributed by atoms with Gasteiger partial charge in [0, 0.05) is 12.6 Å². The smallest absolute Gasteiger partial charge is 0.158 e. The standard InChI is InChI=1S/C13H19NO3S/c1-9-8-14-13(10(2)18(9,15)16)11-4-6-12(17-3)7-5-11/h4-7,9-10,13-14H,8H2,1-3H3. The van der Waals surface area contributed by atoms with Crippen molar-refractivity contribution >= 4 is 9.84 Å². The van der Waals surface area contributed by atoms with Gasteiger partial charge in [-0.05, 0) is 31.5 Å². The second-order valence-electron chi connectivity index (χ2n) is 4.76. The quantitative estimate of drug-likeness (QED) is 0.884. The van der Waals surface area contributed by atoms with E-state index in [-0.39, 0.29) is 11.3 Å². The van der Waals surface area contributed by atoms with E-state index >= 15 is 0 Å². The van der Waals surface area contributed by atoms with Gasteiger partial charge in [-0.15, -0.1) is 0 Å². The van der Waals surface area contributed by atoms with Crippen LogP contribution in [-0.2, 0) is 9.84 Å². The van der Waals surface area contributed by atoms with Crippen LogP contribution in [0.5, 0.6) is 5.75 Å². The zero-order valence-electron chi connectivity index (χ0n) is 10.9. The zero-order chi connectivity index (χ0) is 13.3. The summed E-state index contributed by atoms with van der Waals surface area (Å²) in [4.78, 5) is 0. The van der Waals surface area contributed by atoms with Gasteiger partial charge in [-0.2, -0.15) is 0 Å². The van der Waals surface area contributed by atoms with Gasteiger partial charge in [0.15, 0.2) is 9.84 Å². The minimum Gasteiger partial charge on any atom is -0.497 e. The third-order valence-electron chi connectivity index (χ3n) is 3.65. The lowest BCUT2D eigenvalue weighted by Gasteiger charge is -2.34. The van der Waals surface area contributed by atoms with E-state index in [1.807, 2.05) is 24.3 Å². The molecule has 0 amide bonds. The van der Waals surface area contributed by atoms with Crippen molar-refractivity contribution in [2.45, 2.75) is 30.4 Å². The molecule has 0 radical (unpaired) electrons. The summed E-state index contributed by atoms with van der Waals surface area (Å²) in [5, 5.41) is 2.58. The highest BCUT2D eigenvalue weighted by atomic mass is 32.2. The Labute approximate surface area is 108 Å². The number of methoxy groups -OCH3 is 1. The molecule has 1 aromatic carbocycles. The highest BCUT2D eigenvalue weighted by Crippen LogP contribution is 2.29. The van der Waals surface area contributed by atoms with Gasteiger partial charge >= 0.3 is 0 Å². The van der Waals surface area contributed by atoms with Crippen LogP contribution < -0.4 is 10.1 Å². The second-order valence-corrected chi connectivity index (χ2v) is 7.49. The number of ether oxygens (including phenoxy) is 1. The van der Waals surface area contributed by atoms with E-state index in [0.717, 1.165) is 11.3 Å². The number of hydrogen-bond donors (Lipinski definition) is 1. The van der Waals surface area contributed by atoms with Crippen molar-refractivity contribution in [1.29, 1.82) is 0 Å². The van der Waals surface area contributed by atoms with Crippen molar-refractivity contribution in [2.24, 2.45) is 0 Å². The first-order valence-electron chi connectivity index (χ1n) is 6.07. The molecule has 0 aliphatic carbocycles. The molecule has 2 rings (SSSR count).